The lowest BCUT2D eigenvalue weighted by atomic mass is 10.1. The molecule has 112 valence electrons. The molecule has 2 aromatic rings. The predicted octanol–water partition coefficient (Wildman–Crippen LogP) is 2.13. The summed E-state index contributed by atoms with van der Waals surface area (Å²) in [6, 6.07) is 10.7. The highest BCUT2D eigenvalue weighted by molar-refractivity contribution is 5.94. The van der Waals surface area contributed by atoms with Crippen LogP contribution in [0.5, 0.6) is 0 Å². The van der Waals surface area contributed by atoms with Crippen molar-refractivity contribution in [2.24, 2.45) is 0 Å². The number of aromatic nitrogens is 1. The summed E-state index contributed by atoms with van der Waals surface area (Å²) in [5.74, 6) is 5.45. The highest BCUT2D eigenvalue weighted by atomic mass is 16.3. The van der Waals surface area contributed by atoms with Gasteiger partial charge in [0.2, 0.25) is 0 Å². The van der Waals surface area contributed by atoms with E-state index in [1.807, 2.05) is 12.1 Å². The average Bonchev–Trinajstić information content (AvgIpc) is 2.51. The van der Waals surface area contributed by atoms with Crippen LogP contribution in [0.3, 0.4) is 0 Å². The lowest BCUT2D eigenvalue weighted by molar-refractivity contribution is 0.0951. The Balaban J connectivity index is 1.97. The van der Waals surface area contributed by atoms with Crippen LogP contribution in [0, 0.1) is 11.8 Å². The first-order valence-electron chi connectivity index (χ1n) is 6.97. The average molecular weight is 294 g/mol. The Hall–Kier alpha value is -2.64. The van der Waals surface area contributed by atoms with E-state index in [0.29, 0.717) is 12.1 Å². The van der Waals surface area contributed by atoms with E-state index in [9.17, 15) is 9.90 Å². The Morgan fingerprint density at radius 2 is 2.00 bits per heavy atom. The number of hydrogen-bond acceptors (Lipinski definition) is 3. The molecule has 2 N–H and O–H groups in total. The molecule has 1 aromatic heterocycles. The fraction of sp³-hybridized carbons (Fsp3) is 0.222. The van der Waals surface area contributed by atoms with Gasteiger partial charge in [-0.3, -0.25) is 9.78 Å². The Kier molecular flexibility index (Phi) is 4.92. The molecule has 0 atom stereocenters. The normalized spacial score (nSPS) is 10.5. The van der Waals surface area contributed by atoms with Gasteiger partial charge in [0, 0.05) is 30.1 Å². The van der Waals surface area contributed by atoms with E-state index in [0.717, 1.165) is 11.1 Å². The third-order valence-electron chi connectivity index (χ3n) is 2.84. The molecular weight excluding hydrogens is 276 g/mol. The Morgan fingerprint density at radius 1 is 1.27 bits per heavy atom. The molecule has 0 saturated carbocycles. The minimum absolute atomic E-state index is 0.147. The SMILES string of the molecule is CC(C)(O)C#Cc1ccc(C(=O)NCc2cccnc2)cc1. The van der Waals surface area contributed by atoms with Crippen molar-refractivity contribution in [3.05, 3.63) is 65.5 Å². The van der Waals surface area contributed by atoms with Gasteiger partial charge in [0.25, 0.3) is 5.91 Å². The maximum Gasteiger partial charge on any atom is 0.251 e. The molecule has 1 aromatic carbocycles. The molecule has 0 unspecified atom stereocenters. The van der Waals surface area contributed by atoms with Gasteiger partial charge in [-0.1, -0.05) is 17.9 Å². The molecule has 2 rings (SSSR count). The largest absolute Gasteiger partial charge is 0.378 e. The van der Waals surface area contributed by atoms with Gasteiger partial charge in [-0.25, -0.2) is 0 Å². The smallest absolute Gasteiger partial charge is 0.251 e. The van der Waals surface area contributed by atoms with Crippen LogP contribution in [-0.2, 0) is 6.54 Å². The van der Waals surface area contributed by atoms with Crippen molar-refractivity contribution in [2.75, 3.05) is 0 Å². The second-order valence-corrected chi connectivity index (χ2v) is 5.43. The zero-order chi connectivity index (χ0) is 16.0. The third-order valence-corrected chi connectivity index (χ3v) is 2.84. The fourth-order valence-corrected chi connectivity index (χ4v) is 1.72. The molecule has 4 heteroatoms. The van der Waals surface area contributed by atoms with E-state index in [2.05, 4.69) is 22.1 Å². The zero-order valence-corrected chi connectivity index (χ0v) is 12.6. The van der Waals surface area contributed by atoms with Crippen molar-refractivity contribution < 1.29 is 9.90 Å². The quantitative estimate of drug-likeness (QED) is 0.853. The molecule has 0 aliphatic carbocycles. The van der Waals surface area contributed by atoms with Crippen molar-refractivity contribution >= 4 is 5.91 Å². The monoisotopic (exact) mass is 294 g/mol. The molecule has 0 radical (unpaired) electrons. The van der Waals surface area contributed by atoms with Crippen LogP contribution in [0.25, 0.3) is 0 Å². The molecule has 1 heterocycles. The van der Waals surface area contributed by atoms with Gasteiger partial charge in [0.15, 0.2) is 0 Å². The summed E-state index contributed by atoms with van der Waals surface area (Å²) in [6.07, 6.45) is 3.41. The van der Waals surface area contributed by atoms with Crippen LogP contribution in [0.4, 0.5) is 0 Å². The second-order valence-electron chi connectivity index (χ2n) is 5.43. The molecule has 0 aliphatic rings. The number of carbonyl (C=O) groups excluding carboxylic acids is 1. The van der Waals surface area contributed by atoms with Crippen LogP contribution in [0.2, 0.25) is 0 Å². The molecule has 0 spiro atoms. The van der Waals surface area contributed by atoms with Crippen LogP contribution in [0.15, 0.2) is 48.8 Å². The van der Waals surface area contributed by atoms with E-state index in [1.165, 1.54) is 0 Å². The van der Waals surface area contributed by atoms with Crippen LogP contribution >= 0.6 is 0 Å². The van der Waals surface area contributed by atoms with E-state index in [-0.39, 0.29) is 5.91 Å². The van der Waals surface area contributed by atoms with Crippen molar-refractivity contribution in [2.45, 2.75) is 26.0 Å². The lowest BCUT2D eigenvalue weighted by Crippen LogP contribution is -2.22. The summed E-state index contributed by atoms with van der Waals surface area (Å²) in [7, 11) is 0. The first-order valence-corrected chi connectivity index (χ1v) is 6.97. The highest BCUT2D eigenvalue weighted by Gasteiger charge is 2.07. The topological polar surface area (TPSA) is 62.2 Å². The number of pyridine rings is 1. The van der Waals surface area contributed by atoms with E-state index >= 15 is 0 Å². The zero-order valence-electron chi connectivity index (χ0n) is 12.6. The first kappa shape index (κ1) is 15.7. The Bertz CT molecular complexity index is 690. The number of benzene rings is 1. The highest BCUT2D eigenvalue weighted by Crippen LogP contribution is 2.05. The van der Waals surface area contributed by atoms with Gasteiger partial charge in [0.05, 0.1) is 0 Å². The molecule has 22 heavy (non-hydrogen) atoms. The molecule has 1 amide bonds. The van der Waals surface area contributed by atoms with Gasteiger partial charge in [-0.15, -0.1) is 0 Å². The predicted molar refractivity (Wildman–Crippen MR) is 85.0 cm³/mol. The van der Waals surface area contributed by atoms with Crippen molar-refractivity contribution in [3.63, 3.8) is 0 Å². The second kappa shape index (κ2) is 6.88. The number of aliphatic hydroxyl groups is 1. The standard InChI is InChI=1S/C18H18N2O2/c1-18(2,22)10-9-14-5-7-16(8-6-14)17(21)20-13-15-4-3-11-19-12-15/h3-8,11-12,22H,13H2,1-2H3,(H,20,21). The molecule has 0 aliphatic heterocycles. The lowest BCUT2D eigenvalue weighted by Gasteiger charge is -2.06. The van der Waals surface area contributed by atoms with Gasteiger partial charge >= 0.3 is 0 Å². The van der Waals surface area contributed by atoms with E-state index in [4.69, 9.17) is 0 Å². The van der Waals surface area contributed by atoms with E-state index < -0.39 is 5.60 Å². The number of nitrogens with one attached hydrogen (secondary N) is 1. The summed E-state index contributed by atoms with van der Waals surface area (Å²) in [5, 5.41) is 12.4. The number of nitrogens with zero attached hydrogens (tertiary/aromatic N) is 1. The molecule has 4 nitrogen and oxygen atoms in total. The van der Waals surface area contributed by atoms with Crippen LogP contribution in [0.1, 0.15) is 35.3 Å². The number of rotatable bonds is 3. The van der Waals surface area contributed by atoms with Crippen molar-refractivity contribution in [3.8, 4) is 11.8 Å². The third kappa shape index (κ3) is 5.04. The van der Waals surface area contributed by atoms with Gasteiger partial charge in [-0.2, -0.15) is 0 Å². The van der Waals surface area contributed by atoms with Gasteiger partial charge in [0.1, 0.15) is 5.60 Å². The Labute approximate surface area is 130 Å². The van der Waals surface area contributed by atoms with Gasteiger partial charge in [-0.05, 0) is 49.7 Å². The summed E-state index contributed by atoms with van der Waals surface area (Å²) >= 11 is 0. The van der Waals surface area contributed by atoms with Gasteiger partial charge < -0.3 is 10.4 Å². The first-order chi connectivity index (χ1) is 10.4. The van der Waals surface area contributed by atoms with Crippen molar-refractivity contribution in [1.82, 2.24) is 10.3 Å². The number of amides is 1. The molecule has 0 fully saturated rings. The summed E-state index contributed by atoms with van der Waals surface area (Å²) < 4.78 is 0. The Morgan fingerprint density at radius 3 is 2.59 bits per heavy atom. The fourth-order valence-electron chi connectivity index (χ4n) is 1.72. The van der Waals surface area contributed by atoms with Crippen LogP contribution in [-0.4, -0.2) is 21.6 Å². The van der Waals surface area contributed by atoms with E-state index in [1.54, 1.807) is 50.5 Å². The van der Waals surface area contributed by atoms with Crippen LogP contribution < -0.4 is 5.32 Å². The maximum absolute atomic E-state index is 12.0. The van der Waals surface area contributed by atoms with Crippen molar-refractivity contribution in [1.29, 1.82) is 0 Å². The molecule has 0 bridgehead atoms. The maximum atomic E-state index is 12.0. The number of carbonyl (C=O) groups is 1. The summed E-state index contributed by atoms with van der Waals surface area (Å²) in [4.78, 5) is 16.0. The minimum Gasteiger partial charge on any atom is -0.378 e. The summed E-state index contributed by atoms with van der Waals surface area (Å²) in [6.45, 7) is 3.69. The number of hydrogen-bond donors (Lipinski definition) is 2. The molecular formula is C18H18N2O2. The molecule has 0 saturated heterocycles. The minimum atomic E-state index is -1.03. The summed E-state index contributed by atoms with van der Waals surface area (Å²) in [5.41, 5.74) is 1.24.